The van der Waals surface area contributed by atoms with Crippen molar-refractivity contribution in [2.24, 2.45) is 11.1 Å². The highest BCUT2D eigenvalue weighted by Crippen LogP contribution is 2.28. The molecule has 6 nitrogen and oxygen atoms in total. The van der Waals surface area contributed by atoms with Gasteiger partial charge in [-0.1, -0.05) is 19.1 Å². The van der Waals surface area contributed by atoms with Gasteiger partial charge in [0.15, 0.2) is 0 Å². The molecule has 2 N–H and O–H groups in total. The van der Waals surface area contributed by atoms with Gasteiger partial charge >= 0.3 is 0 Å². The van der Waals surface area contributed by atoms with E-state index in [2.05, 4.69) is 24.2 Å². The van der Waals surface area contributed by atoms with Crippen molar-refractivity contribution in [3.8, 4) is 0 Å². The number of hydrogen-bond donors (Lipinski definition) is 1. The summed E-state index contributed by atoms with van der Waals surface area (Å²) in [5.41, 5.74) is 6.39. The largest absolute Gasteiger partial charge is 0.341 e. The van der Waals surface area contributed by atoms with Crippen LogP contribution in [0.1, 0.15) is 32.4 Å². The van der Waals surface area contributed by atoms with Gasteiger partial charge in [-0.15, -0.1) is 5.10 Å². The average molecular weight is 251 g/mol. The van der Waals surface area contributed by atoms with Crippen molar-refractivity contribution in [2.45, 2.75) is 39.8 Å². The van der Waals surface area contributed by atoms with Crippen molar-refractivity contribution < 1.29 is 4.79 Å². The van der Waals surface area contributed by atoms with Crippen LogP contribution in [-0.2, 0) is 17.9 Å². The summed E-state index contributed by atoms with van der Waals surface area (Å²) in [5, 5.41) is 7.78. The summed E-state index contributed by atoms with van der Waals surface area (Å²) in [5.74, 6) is 0.108. The molecule has 1 aromatic rings. The van der Waals surface area contributed by atoms with Crippen LogP contribution < -0.4 is 5.73 Å². The van der Waals surface area contributed by atoms with Gasteiger partial charge in [-0.2, -0.15) is 0 Å². The second-order valence-electron chi connectivity index (χ2n) is 5.69. The number of amides is 1. The van der Waals surface area contributed by atoms with Gasteiger partial charge in [0, 0.05) is 19.6 Å². The standard InChI is InChI=1S/C12H21N5O/c1-12(2)4-3-5-16(9-12)11(18)8-17-7-10(6-13)14-15-17/h7H,3-6,8-9,13H2,1-2H3. The quantitative estimate of drug-likeness (QED) is 0.842. The molecule has 1 aliphatic heterocycles. The van der Waals surface area contributed by atoms with E-state index in [0.717, 1.165) is 19.5 Å². The van der Waals surface area contributed by atoms with Gasteiger partial charge < -0.3 is 10.6 Å². The maximum atomic E-state index is 12.2. The molecule has 0 aliphatic carbocycles. The first-order valence-corrected chi connectivity index (χ1v) is 6.37. The minimum absolute atomic E-state index is 0.108. The maximum absolute atomic E-state index is 12.2. The number of nitrogens with two attached hydrogens (primary N) is 1. The molecule has 100 valence electrons. The van der Waals surface area contributed by atoms with E-state index in [0.29, 0.717) is 12.2 Å². The molecule has 0 saturated carbocycles. The second-order valence-corrected chi connectivity index (χ2v) is 5.69. The van der Waals surface area contributed by atoms with E-state index in [1.54, 1.807) is 10.9 Å². The van der Waals surface area contributed by atoms with E-state index >= 15 is 0 Å². The number of carbonyl (C=O) groups is 1. The third-order valence-electron chi connectivity index (χ3n) is 3.35. The van der Waals surface area contributed by atoms with Gasteiger partial charge in [0.25, 0.3) is 0 Å². The van der Waals surface area contributed by atoms with Gasteiger partial charge in [0.05, 0.1) is 11.9 Å². The molecule has 0 spiro atoms. The molecule has 18 heavy (non-hydrogen) atoms. The molecule has 1 amide bonds. The van der Waals surface area contributed by atoms with E-state index in [1.165, 1.54) is 6.42 Å². The number of hydrogen-bond acceptors (Lipinski definition) is 4. The maximum Gasteiger partial charge on any atom is 0.244 e. The van der Waals surface area contributed by atoms with E-state index in [4.69, 9.17) is 5.73 Å². The summed E-state index contributed by atoms with van der Waals surface area (Å²) in [6.45, 7) is 6.68. The van der Waals surface area contributed by atoms with Crippen molar-refractivity contribution in [2.75, 3.05) is 13.1 Å². The average Bonchev–Trinajstić information content (AvgIpc) is 2.75. The Balaban J connectivity index is 1.95. The summed E-state index contributed by atoms with van der Waals surface area (Å²) in [4.78, 5) is 14.1. The zero-order valence-corrected chi connectivity index (χ0v) is 11.1. The molecule has 0 atom stereocenters. The third-order valence-corrected chi connectivity index (χ3v) is 3.35. The van der Waals surface area contributed by atoms with Gasteiger partial charge in [-0.3, -0.25) is 4.79 Å². The Bertz CT molecular complexity index is 426. The topological polar surface area (TPSA) is 77.0 Å². The first-order valence-electron chi connectivity index (χ1n) is 6.37. The van der Waals surface area contributed by atoms with E-state index in [-0.39, 0.29) is 17.9 Å². The zero-order valence-electron chi connectivity index (χ0n) is 11.1. The zero-order chi connectivity index (χ0) is 13.2. The second kappa shape index (κ2) is 5.06. The van der Waals surface area contributed by atoms with E-state index < -0.39 is 0 Å². The summed E-state index contributed by atoms with van der Waals surface area (Å²) in [7, 11) is 0. The molecule has 0 radical (unpaired) electrons. The van der Waals surface area contributed by atoms with Crippen LogP contribution in [0.2, 0.25) is 0 Å². The molecule has 0 unspecified atom stereocenters. The highest BCUT2D eigenvalue weighted by Gasteiger charge is 2.29. The van der Waals surface area contributed by atoms with Crippen molar-refractivity contribution in [3.05, 3.63) is 11.9 Å². The Hall–Kier alpha value is -1.43. The van der Waals surface area contributed by atoms with Crippen molar-refractivity contribution in [1.29, 1.82) is 0 Å². The highest BCUT2D eigenvalue weighted by atomic mass is 16.2. The third kappa shape index (κ3) is 3.07. The highest BCUT2D eigenvalue weighted by molar-refractivity contribution is 5.76. The van der Waals surface area contributed by atoms with Crippen LogP contribution >= 0.6 is 0 Å². The minimum atomic E-state index is 0.108. The predicted octanol–water partition coefficient (Wildman–Crippen LogP) is 0.385. The number of aromatic nitrogens is 3. The molecule has 1 saturated heterocycles. The fourth-order valence-electron chi connectivity index (χ4n) is 2.38. The summed E-state index contributed by atoms with van der Waals surface area (Å²) in [6, 6.07) is 0. The fraction of sp³-hybridized carbons (Fsp3) is 0.750. The lowest BCUT2D eigenvalue weighted by molar-refractivity contribution is -0.135. The molecule has 2 rings (SSSR count). The number of rotatable bonds is 3. The van der Waals surface area contributed by atoms with Crippen LogP contribution in [-0.4, -0.2) is 38.9 Å². The molecule has 1 fully saturated rings. The normalized spacial score (nSPS) is 18.9. The van der Waals surface area contributed by atoms with Crippen LogP contribution in [0.15, 0.2) is 6.20 Å². The lowest BCUT2D eigenvalue weighted by Crippen LogP contribution is -2.44. The molecule has 0 aromatic carbocycles. The Morgan fingerprint density at radius 2 is 2.33 bits per heavy atom. The Morgan fingerprint density at radius 3 is 2.94 bits per heavy atom. The number of nitrogens with zero attached hydrogens (tertiary/aromatic N) is 4. The van der Waals surface area contributed by atoms with Crippen molar-refractivity contribution in [3.63, 3.8) is 0 Å². The van der Waals surface area contributed by atoms with Crippen LogP contribution in [0, 0.1) is 5.41 Å². The Labute approximate surface area is 107 Å². The monoisotopic (exact) mass is 251 g/mol. The van der Waals surface area contributed by atoms with E-state index in [9.17, 15) is 4.79 Å². The number of likely N-dealkylation sites (tertiary alicyclic amines) is 1. The predicted molar refractivity (Wildman–Crippen MR) is 67.5 cm³/mol. The Morgan fingerprint density at radius 1 is 1.56 bits per heavy atom. The summed E-state index contributed by atoms with van der Waals surface area (Å²) in [6.07, 6.45) is 3.98. The van der Waals surface area contributed by atoms with Crippen molar-refractivity contribution in [1.82, 2.24) is 19.9 Å². The lowest BCUT2D eigenvalue weighted by Gasteiger charge is -2.38. The lowest BCUT2D eigenvalue weighted by atomic mass is 9.84. The molecule has 0 bridgehead atoms. The molecular weight excluding hydrogens is 230 g/mol. The van der Waals surface area contributed by atoms with Gasteiger partial charge in [0.2, 0.25) is 5.91 Å². The number of carbonyl (C=O) groups excluding carboxylic acids is 1. The first-order chi connectivity index (χ1) is 8.50. The van der Waals surface area contributed by atoms with Crippen LogP contribution in [0.4, 0.5) is 0 Å². The fourth-order valence-corrected chi connectivity index (χ4v) is 2.38. The summed E-state index contributed by atoms with van der Waals surface area (Å²) < 4.78 is 1.56. The van der Waals surface area contributed by atoms with Crippen LogP contribution in [0.25, 0.3) is 0 Å². The molecule has 1 aromatic heterocycles. The smallest absolute Gasteiger partial charge is 0.244 e. The van der Waals surface area contributed by atoms with Crippen LogP contribution in [0.3, 0.4) is 0 Å². The molecule has 6 heteroatoms. The Kier molecular flexibility index (Phi) is 3.65. The molecule has 1 aliphatic rings. The number of piperidine rings is 1. The molecular formula is C12H21N5O. The summed E-state index contributed by atoms with van der Waals surface area (Å²) >= 11 is 0. The van der Waals surface area contributed by atoms with Gasteiger partial charge in [0.1, 0.15) is 6.54 Å². The minimum Gasteiger partial charge on any atom is -0.341 e. The van der Waals surface area contributed by atoms with Crippen molar-refractivity contribution >= 4 is 5.91 Å². The van der Waals surface area contributed by atoms with E-state index in [1.807, 2.05) is 4.90 Å². The van der Waals surface area contributed by atoms with Gasteiger partial charge in [-0.05, 0) is 18.3 Å². The first kappa shape index (κ1) is 13.0. The SMILES string of the molecule is CC1(C)CCCN(C(=O)Cn2cc(CN)nn2)C1. The molecule has 2 heterocycles. The van der Waals surface area contributed by atoms with Gasteiger partial charge in [-0.25, -0.2) is 4.68 Å². The van der Waals surface area contributed by atoms with Crippen LogP contribution in [0.5, 0.6) is 0 Å².